The van der Waals surface area contributed by atoms with Crippen LogP contribution in [0.15, 0.2) is 36.0 Å². The maximum absolute atomic E-state index is 12.1. The number of carbonyl (C=O) groups is 1. The zero-order chi connectivity index (χ0) is 12.1. The number of benzene rings is 1. The van der Waals surface area contributed by atoms with Gasteiger partial charge in [0, 0.05) is 25.9 Å². The van der Waals surface area contributed by atoms with Crippen LogP contribution in [-0.4, -0.2) is 31.9 Å². The summed E-state index contributed by atoms with van der Waals surface area (Å²) in [5.41, 5.74) is 1.29. The summed E-state index contributed by atoms with van der Waals surface area (Å²) in [7, 11) is 5.34. The number of para-hydroxylation sites is 1. The van der Waals surface area contributed by atoms with Crippen LogP contribution in [0.2, 0.25) is 0 Å². The van der Waals surface area contributed by atoms with Gasteiger partial charge in [-0.2, -0.15) is 0 Å². The molecule has 3 nitrogen and oxygen atoms in total. The normalized spacial score (nSPS) is 11.1. The second kappa shape index (κ2) is 5.35. The standard InChI is InChI=1S/C13H17NO2/c1-10(9-14(2)3)13(15)11-7-5-6-8-12(11)16-4/h5-9H,1-4H3/b10-9+. The van der Waals surface area contributed by atoms with E-state index < -0.39 is 0 Å². The number of ketones is 1. The van der Waals surface area contributed by atoms with Crippen molar-refractivity contribution < 1.29 is 9.53 Å². The van der Waals surface area contributed by atoms with E-state index in [-0.39, 0.29) is 5.78 Å². The van der Waals surface area contributed by atoms with Gasteiger partial charge < -0.3 is 9.64 Å². The molecule has 0 aliphatic heterocycles. The Hall–Kier alpha value is -1.77. The fourth-order valence-corrected chi connectivity index (χ4v) is 1.49. The number of allylic oxidation sites excluding steroid dienone is 1. The lowest BCUT2D eigenvalue weighted by Gasteiger charge is -2.10. The number of hydrogen-bond donors (Lipinski definition) is 0. The van der Waals surface area contributed by atoms with Crippen LogP contribution < -0.4 is 4.74 Å². The molecule has 0 radical (unpaired) electrons. The van der Waals surface area contributed by atoms with E-state index in [0.29, 0.717) is 16.9 Å². The highest BCUT2D eigenvalue weighted by Gasteiger charge is 2.13. The Morgan fingerprint density at radius 3 is 2.50 bits per heavy atom. The van der Waals surface area contributed by atoms with E-state index in [0.717, 1.165) is 0 Å². The second-order valence-corrected chi connectivity index (χ2v) is 3.81. The van der Waals surface area contributed by atoms with Gasteiger partial charge in [-0.1, -0.05) is 12.1 Å². The van der Waals surface area contributed by atoms with Crippen molar-refractivity contribution in [2.24, 2.45) is 0 Å². The first-order valence-corrected chi connectivity index (χ1v) is 5.09. The molecule has 0 saturated heterocycles. The second-order valence-electron chi connectivity index (χ2n) is 3.81. The summed E-state index contributed by atoms with van der Waals surface area (Å²) in [6.07, 6.45) is 1.80. The summed E-state index contributed by atoms with van der Waals surface area (Å²) in [5, 5.41) is 0. The van der Waals surface area contributed by atoms with Gasteiger partial charge in [-0.15, -0.1) is 0 Å². The van der Waals surface area contributed by atoms with Crippen LogP contribution in [-0.2, 0) is 0 Å². The molecule has 0 aromatic heterocycles. The van der Waals surface area contributed by atoms with Crippen molar-refractivity contribution in [3.63, 3.8) is 0 Å². The Morgan fingerprint density at radius 1 is 1.31 bits per heavy atom. The minimum absolute atomic E-state index is 0.00819. The topological polar surface area (TPSA) is 29.5 Å². The van der Waals surface area contributed by atoms with E-state index in [9.17, 15) is 4.79 Å². The summed E-state index contributed by atoms with van der Waals surface area (Å²) in [6.45, 7) is 1.80. The summed E-state index contributed by atoms with van der Waals surface area (Å²) in [5.74, 6) is 0.602. The zero-order valence-corrected chi connectivity index (χ0v) is 10.2. The van der Waals surface area contributed by atoms with Crippen LogP contribution in [0.25, 0.3) is 0 Å². The van der Waals surface area contributed by atoms with Gasteiger partial charge in [-0.05, 0) is 19.1 Å². The van der Waals surface area contributed by atoms with E-state index in [1.54, 1.807) is 32.4 Å². The Kier molecular flexibility index (Phi) is 4.11. The minimum Gasteiger partial charge on any atom is -0.496 e. The van der Waals surface area contributed by atoms with Gasteiger partial charge in [-0.3, -0.25) is 4.79 Å². The monoisotopic (exact) mass is 219 g/mol. The highest BCUT2D eigenvalue weighted by atomic mass is 16.5. The number of hydrogen-bond acceptors (Lipinski definition) is 3. The van der Waals surface area contributed by atoms with E-state index in [4.69, 9.17) is 4.74 Å². The van der Waals surface area contributed by atoms with Gasteiger partial charge in [0.25, 0.3) is 0 Å². The molecular formula is C13H17NO2. The van der Waals surface area contributed by atoms with Gasteiger partial charge in [0.1, 0.15) is 5.75 Å². The third kappa shape index (κ3) is 2.86. The van der Waals surface area contributed by atoms with Crippen LogP contribution in [0.4, 0.5) is 0 Å². The average molecular weight is 219 g/mol. The van der Waals surface area contributed by atoms with E-state index in [1.807, 2.05) is 31.1 Å². The van der Waals surface area contributed by atoms with Gasteiger partial charge in [-0.25, -0.2) is 0 Å². The fraction of sp³-hybridized carbons (Fsp3) is 0.308. The minimum atomic E-state index is -0.00819. The molecule has 0 N–H and O–H groups in total. The van der Waals surface area contributed by atoms with Crippen molar-refractivity contribution in [1.29, 1.82) is 0 Å². The van der Waals surface area contributed by atoms with Gasteiger partial charge >= 0.3 is 0 Å². The highest BCUT2D eigenvalue weighted by Crippen LogP contribution is 2.20. The Balaban J connectivity index is 3.05. The van der Waals surface area contributed by atoms with Crippen molar-refractivity contribution in [3.8, 4) is 5.75 Å². The number of methoxy groups -OCH3 is 1. The van der Waals surface area contributed by atoms with Gasteiger partial charge in [0.15, 0.2) is 5.78 Å². The third-order valence-electron chi connectivity index (χ3n) is 2.16. The van der Waals surface area contributed by atoms with E-state index in [1.165, 1.54) is 0 Å². The number of nitrogens with zero attached hydrogens (tertiary/aromatic N) is 1. The molecule has 16 heavy (non-hydrogen) atoms. The van der Waals surface area contributed by atoms with Crippen molar-refractivity contribution in [1.82, 2.24) is 4.90 Å². The Labute approximate surface area is 96.3 Å². The van der Waals surface area contributed by atoms with Crippen molar-refractivity contribution >= 4 is 5.78 Å². The lowest BCUT2D eigenvalue weighted by molar-refractivity contribution is 0.103. The smallest absolute Gasteiger partial charge is 0.193 e. The highest BCUT2D eigenvalue weighted by molar-refractivity contribution is 6.09. The summed E-state index contributed by atoms with van der Waals surface area (Å²) in [6, 6.07) is 7.24. The summed E-state index contributed by atoms with van der Waals surface area (Å²) in [4.78, 5) is 13.9. The molecule has 0 fully saturated rings. The third-order valence-corrected chi connectivity index (χ3v) is 2.16. The molecule has 3 heteroatoms. The first-order valence-electron chi connectivity index (χ1n) is 5.09. The number of Topliss-reactive ketones (excluding diaryl/α,β-unsaturated/α-hetero) is 1. The molecule has 0 spiro atoms. The van der Waals surface area contributed by atoms with Gasteiger partial charge in [0.2, 0.25) is 0 Å². The average Bonchev–Trinajstić information content (AvgIpc) is 2.27. The summed E-state index contributed by atoms with van der Waals surface area (Å²) < 4.78 is 5.16. The molecule has 1 aromatic carbocycles. The molecule has 1 aromatic rings. The lowest BCUT2D eigenvalue weighted by atomic mass is 10.0. The summed E-state index contributed by atoms with van der Waals surface area (Å²) >= 11 is 0. The molecule has 1 rings (SSSR count). The SMILES string of the molecule is COc1ccccc1C(=O)/C(C)=C/N(C)C. The van der Waals surface area contributed by atoms with E-state index >= 15 is 0 Å². The fourth-order valence-electron chi connectivity index (χ4n) is 1.49. The molecule has 0 amide bonds. The maximum atomic E-state index is 12.1. The van der Waals surface area contributed by atoms with Crippen LogP contribution in [0.1, 0.15) is 17.3 Å². The zero-order valence-electron chi connectivity index (χ0n) is 10.2. The molecule has 0 atom stereocenters. The first kappa shape index (κ1) is 12.3. The Morgan fingerprint density at radius 2 is 1.94 bits per heavy atom. The maximum Gasteiger partial charge on any atom is 0.193 e. The molecule has 0 unspecified atom stereocenters. The van der Waals surface area contributed by atoms with Crippen LogP contribution in [0.3, 0.4) is 0 Å². The molecule has 0 aliphatic carbocycles. The van der Waals surface area contributed by atoms with Crippen LogP contribution >= 0.6 is 0 Å². The molecule has 0 aliphatic rings. The predicted octanol–water partition coefficient (Wildman–Crippen LogP) is 2.34. The lowest BCUT2D eigenvalue weighted by Crippen LogP contribution is -2.08. The van der Waals surface area contributed by atoms with Crippen LogP contribution in [0.5, 0.6) is 5.75 Å². The van der Waals surface area contributed by atoms with E-state index in [2.05, 4.69) is 0 Å². The molecule has 0 bridgehead atoms. The molecule has 0 heterocycles. The van der Waals surface area contributed by atoms with Gasteiger partial charge in [0.05, 0.1) is 12.7 Å². The number of rotatable bonds is 4. The van der Waals surface area contributed by atoms with Crippen molar-refractivity contribution in [2.45, 2.75) is 6.92 Å². The first-order chi connectivity index (χ1) is 7.56. The van der Waals surface area contributed by atoms with Crippen molar-refractivity contribution in [2.75, 3.05) is 21.2 Å². The molecule has 0 saturated carbocycles. The Bertz CT molecular complexity index is 408. The largest absolute Gasteiger partial charge is 0.496 e. The molecule has 86 valence electrons. The number of carbonyl (C=O) groups excluding carboxylic acids is 1. The van der Waals surface area contributed by atoms with Crippen LogP contribution in [0, 0.1) is 0 Å². The van der Waals surface area contributed by atoms with Crippen molar-refractivity contribution in [3.05, 3.63) is 41.6 Å². The predicted molar refractivity (Wildman–Crippen MR) is 64.8 cm³/mol. The molecular weight excluding hydrogens is 202 g/mol. The quantitative estimate of drug-likeness (QED) is 0.575. The number of ether oxygens (including phenoxy) is 1.